The van der Waals surface area contributed by atoms with Gasteiger partial charge in [-0.3, -0.25) is 4.98 Å². The van der Waals surface area contributed by atoms with Gasteiger partial charge < -0.3 is 15.1 Å². The van der Waals surface area contributed by atoms with Gasteiger partial charge in [-0.1, -0.05) is 24.3 Å². The highest BCUT2D eigenvalue weighted by Crippen LogP contribution is 2.26. The topological polar surface area (TPSA) is 48.5 Å². The molecule has 1 aliphatic rings. The molecule has 26 heavy (non-hydrogen) atoms. The summed E-state index contributed by atoms with van der Waals surface area (Å²) in [5, 5.41) is 3.03. The van der Waals surface area contributed by atoms with E-state index >= 15 is 0 Å². The molecule has 1 unspecified atom stereocenters. The van der Waals surface area contributed by atoms with Gasteiger partial charge in [0.2, 0.25) is 0 Å². The fraction of sp³-hybridized carbons (Fsp3) is 0.429. The van der Waals surface area contributed by atoms with Gasteiger partial charge in [0.05, 0.1) is 11.7 Å². The number of nitrogens with one attached hydrogen (secondary N) is 1. The van der Waals surface area contributed by atoms with Gasteiger partial charge in [0.1, 0.15) is 0 Å². The van der Waals surface area contributed by atoms with Crippen LogP contribution in [0.3, 0.4) is 0 Å². The third-order valence-electron chi connectivity index (χ3n) is 5.10. The van der Waals surface area contributed by atoms with E-state index < -0.39 is 0 Å². The van der Waals surface area contributed by atoms with Crippen LogP contribution in [0, 0.1) is 0 Å². The first-order chi connectivity index (χ1) is 12.7. The number of aryl methyl sites for hydroxylation is 1. The average molecular weight is 352 g/mol. The van der Waals surface area contributed by atoms with Crippen LogP contribution in [0.4, 0.5) is 10.5 Å². The van der Waals surface area contributed by atoms with Crippen LogP contribution in [0.2, 0.25) is 0 Å². The Balaban J connectivity index is 1.44. The number of amides is 2. The predicted octanol–water partition coefficient (Wildman–Crippen LogP) is 3.63. The zero-order valence-corrected chi connectivity index (χ0v) is 15.7. The number of aromatic nitrogens is 1. The predicted molar refractivity (Wildman–Crippen MR) is 105 cm³/mol. The molecular weight excluding hydrogens is 324 g/mol. The summed E-state index contributed by atoms with van der Waals surface area (Å²) in [6, 6.07) is 14.3. The largest absolute Gasteiger partial charge is 0.371 e. The van der Waals surface area contributed by atoms with Crippen molar-refractivity contribution in [2.24, 2.45) is 0 Å². The molecule has 0 radical (unpaired) electrons. The number of urea groups is 1. The van der Waals surface area contributed by atoms with E-state index in [-0.39, 0.29) is 12.1 Å². The minimum absolute atomic E-state index is 0.0508. The van der Waals surface area contributed by atoms with Gasteiger partial charge in [-0.2, -0.15) is 0 Å². The Bertz CT molecular complexity index is 719. The number of hydrogen-bond acceptors (Lipinski definition) is 3. The van der Waals surface area contributed by atoms with Crippen molar-refractivity contribution in [2.45, 2.75) is 32.2 Å². The maximum Gasteiger partial charge on any atom is 0.317 e. The Morgan fingerprint density at radius 1 is 1.27 bits per heavy atom. The van der Waals surface area contributed by atoms with Crippen molar-refractivity contribution in [1.82, 2.24) is 15.2 Å². The van der Waals surface area contributed by atoms with Gasteiger partial charge in [-0.15, -0.1) is 0 Å². The van der Waals surface area contributed by atoms with Crippen LogP contribution in [-0.2, 0) is 6.42 Å². The number of hydrogen-bond donors (Lipinski definition) is 1. The van der Waals surface area contributed by atoms with E-state index in [1.807, 2.05) is 32.2 Å². The zero-order valence-electron chi connectivity index (χ0n) is 15.7. The lowest BCUT2D eigenvalue weighted by molar-refractivity contribution is 0.193. The Hall–Kier alpha value is -2.56. The Morgan fingerprint density at radius 3 is 2.88 bits per heavy atom. The summed E-state index contributed by atoms with van der Waals surface area (Å²) < 4.78 is 0. The lowest BCUT2D eigenvalue weighted by Crippen LogP contribution is -2.40. The molecule has 1 aliphatic heterocycles. The standard InChI is InChI=1S/C21H28N4O/c1-17(19-11-5-6-13-22-19)24(2)21(26)23-14-8-16-25-15-7-10-18-9-3-4-12-20(18)25/h3-6,9,11-13,17H,7-8,10,14-16H2,1-2H3,(H,23,26). The summed E-state index contributed by atoms with van der Waals surface area (Å²) >= 11 is 0. The fourth-order valence-electron chi connectivity index (χ4n) is 3.43. The van der Waals surface area contributed by atoms with Crippen molar-refractivity contribution >= 4 is 11.7 Å². The number of benzene rings is 1. The molecule has 1 atom stereocenters. The number of fused-ring (bicyclic) bond motifs is 1. The first-order valence-corrected chi connectivity index (χ1v) is 9.41. The first kappa shape index (κ1) is 18.2. The summed E-state index contributed by atoms with van der Waals surface area (Å²) in [7, 11) is 1.82. The second-order valence-electron chi connectivity index (χ2n) is 6.85. The minimum Gasteiger partial charge on any atom is -0.371 e. The van der Waals surface area contributed by atoms with Crippen molar-refractivity contribution in [3.05, 3.63) is 59.9 Å². The van der Waals surface area contributed by atoms with E-state index in [9.17, 15) is 4.79 Å². The van der Waals surface area contributed by atoms with Crippen molar-refractivity contribution in [3.63, 3.8) is 0 Å². The third kappa shape index (κ3) is 4.34. The molecular formula is C21H28N4O. The maximum absolute atomic E-state index is 12.4. The summed E-state index contributed by atoms with van der Waals surface area (Å²) in [5.74, 6) is 0. The number of rotatable bonds is 6. The van der Waals surface area contributed by atoms with Crippen molar-refractivity contribution in [2.75, 3.05) is 31.6 Å². The summed E-state index contributed by atoms with van der Waals surface area (Å²) in [5.41, 5.74) is 3.69. The molecule has 5 heteroatoms. The number of para-hydroxylation sites is 1. The third-order valence-corrected chi connectivity index (χ3v) is 5.10. The number of nitrogens with zero attached hydrogens (tertiary/aromatic N) is 3. The molecule has 0 saturated carbocycles. The van der Waals surface area contributed by atoms with Gasteiger partial charge in [0, 0.05) is 38.6 Å². The molecule has 138 valence electrons. The highest BCUT2D eigenvalue weighted by molar-refractivity contribution is 5.74. The van der Waals surface area contributed by atoms with Gasteiger partial charge in [0.15, 0.2) is 0 Å². The molecule has 0 spiro atoms. The van der Waals surface area contributed by atoms with E-state index in [2.05, 4.69) is 39.5 Å². The van der Waals surface area contributed by atoms with E-state index in [0.29, 0.717) is 6.54 Å². The highest BCUT2D eigenvalue weighted by atomic mass is 16.2. The van der Waals surface area contributed by atoms with Crippen molar-refractivity contribution in [1.29, 1.82) is 0 Å². The molecule has 2 amide bonds. The lowest BCUT2D eigenvalue weighted by Gasteiger charge is -2.31. The molecule has 1 aromatic carbocycles. The van der Waals surface area contributed by atoms with E-state index in [4.69, 9.17) is 0 Å². The molecule has 1 N–H and O–H groups in total. The zero-order chi connectivity index (χ0) is 18.4. The van der Waals surface area contributed by atoms with Crippen LogP contribution in [0.1, 0.15) is 37.1 Å². The Morgan fingerprint density at radius 2 is 2.08 bits per heavy atom. The maximum atomic E-state index is 12.4. The molecule has 2 aromatic rings. The van der Waals surface area contributed by atoms with Crippen LogP contribution in [0.5, 0.6) is 0 Å². The van der Waals surface area contributed by atoms with Crippen LogP contribution in [-0.4, -0.2) is 42.6 Å². The van der Waals surface area contributed by atoms with Crippen LogP contribution >= 0.6 is 0 Å². The van der Waals surface area contributed by atoms with E-state index in [1.165, 1.54) is 24.1 Å². The fourth-order valence-corrected chi connectivity index (χ4v) is 3.43. The first-order valence-electron chi connectivity index (χ1n) is 9.41. The van der Waals surface area contributed by atoms with Crippen molar-refractivity contribution in [3.8, 4) is 0 Å². The number of carbonyl (C=O) groups is 1. The summed E-state index contributed by atoms with van der Waals surface area (Å²) in [4.78, 5) is 20.9. The highest BCUT2D eigenvalue weighted by Gasteiger charge is 2.18. The van der Waals surface area contributed by atoms with Gasteiger partial charge in [0.25, 0.3) is 0 Å². The molecule has 0 bridgehead atoms. The second-order valence-corrected chi connectivity index (χ2v) is 6.85. The van der Waals surface area contributed by atoms with Gasteiger partial charge in [-0.05, 0) is 49.9 Å². The van der Waals surface area contributed by atoms with Gasteiger partial charge in [-0.25, -0.2) is 4.79 Å². The number of carbonyl (C=O) groups excluding carboxylic acids is 1. The smallest absolute Gasteiger partial charge is 0.317 e. The Labute approximate surface area is 156 Å². The van der Waals surface area contributed by atoms with Gasteiger partial charge >= 0.3 is 6.03 Å². The minimum atomic E-state index is -0.0535. The van der Waals surface area contributed by atoms with E-state index in [0.717, 1.165) is 25.2 Å². The quantitative estimate of drug-likeness (QED) is 0.808. The normalized spacial score (nSPS) is 14.5. The van der Waals surface area contributed by atoms with Crippen molar-refractivity contribution < 1.29 is 4.79 Å². The monoisotopic (exact) mass is 352 g/mol. The average Bonchev–Trinajstić information content (AvgIpc) is 2.70. The SMILES string of the molecule is CC(c1ccccn1)N(C)C(=O)NCCCN1CCCc2ccccc21. The molecule has 5 nitrogen and oxygen atoms in total. The lowest BCUT2D eigenvalue weighted by atomic mass is 10.0. The molecule has 3 rings (SSSR count). The summed E-state index contributed by atoms with van der Waals surface area (Å²) in [6.45, 7) is 4.74. The van der Waals surface area contributed by atoms with Crippen LogP contribution < -0.4 is 10.2 Å². The molecule has 0 saturated heterocycles. The summed E-state index contributed by atoms with van der Waals surface area (Å²) in [6.07, 6.45) is 5.06. The van der Waals surface area contributed by atoms with E-state index in [1.54, 1.807) is 11.1 Å². The van der Waals surface area contributed by atoms with Crippen LogP contribution in [0.25, 0.3) is 0 Å². The molecule has 1 aromatic heterocycles. The second kappa shape index (κ2) is 8.70. The molecule has 2 heterocycles. The molecule has 0 fully saturated rings. The molecule has 0 aliphatic carbocycles. The Kier molecular flexibility index (Phi) is 6.10. The number of anilines is 1. The van der Waals surface area contributed by atoms with Crippen LogP contribution in [0.15, 0.2) is 48.7 Å². The number of pyridine rings is 1.